The van der Waals surface area contributed by atoms with Gasteiger partial charge in [0.2, 0.25) is 0 Å². The number of para-hydroxylation sites is 1. The highest BCUT2D eigenvalue weighted by Crippen LogP contribution is 2.23. The first-order valence-corrected chi connectivity index (χ1v) is 13.0. The van der Waals surface area contributed by atoms with Gasteiger partial charge in [-0.2, -0.15) is 13.2 Å². The number of amides is 1. The lowest BCUT2D eigenvalue weighted by Gasteiger charge is -2.28. The van der Waals surface area contributed by atoms with Gasteiger partial charge in [-0.15, -0.1) is 0 Å². The Bertz CT molecular complexity index is 996. The molecular weight excluding hydrogens is 501 g/mol. The maximum Gasteiger partial charge on any atom is 0.490 e. The lowest BCUT2D eigenvalue weighted by Crippen LogP contribution is -2.42. The Morgan fingerprint density at radius 1 is 0.842 bits per heavy atom. The van der Waals surface area contributed by atoms with E-state index in [0.29, 0.717) is 19.3 Å². The van der Waals surface area contributed by atoms with Crippen LogP contribution >= 0.6 is 0 Å². The zero-order chi connectivity index (χ0) is 27.4. The number of halogens is 3. The monoisotopic (exact) mass is 536 g/mol. The van der Waals surface area contributed by atoms with Crippen LogP contribution in [-0.4, -0.2) is 78.4 Å². The van der Waals surface area contributed by atoms with Crippen molar-refractivity contribution in [2.24, 2.45) is 0 Å². The molecule has 0 aromatic heterocycles. The summed E-state index contributed by atoms with van der Waals surface area (Å²) in [6, 6.07) is 17.9. The third-order valence-electron chi connectivity index (χ3n) is 6.47. The highest BCUT2D eigenvalue weighted by Gasteiger charge is 2.38. The number of carboxylic acid groups (broad SMARTS) is 1. The SMILES string of the molecule is O=C(O)C(F)(F)F.O=C(c1ccc(OCCCCOc2ccccc2)cc1)N1CCC[C@H]1CN1CCCC1. The van der Waals surface area contributed by atoms with Crippen molar-refractivity contribution in [2.75, 3.05) is 39.4 Å². The number of hydrogen-bond acceptors (Lipinski definition) is 5. The van der Waals surface area contributed by atoms with Crippen LogP contribution in [-0.2, 0) is 4.79 Å². The highest BCUT2D eigenvalue weighted by atomic mass is 19.4. The van der Waals surface area contributed by atoms with Crippen molar-refractivity contribution in [3.05, 3.63) is 60.2 Å². The van der Waals surface area contributed by atoms with Crippen LogP contribution in [0.5, 0.6) is 11.5 Å². The maximum atomic E-state index is 13.0. The molecule has 0 saturated carbocycles. The van der Waals surface area contributed by atoms with Crippen LogP contribution in [0, 0.1) is 0 Å². The molecule has 7 nitrogen and oxygen atoms in total. The molecule has 2 aliphatic rings. The van der Waals surface area contributed by atoms with E-state index < -0.39 is 12.1 Å². The standard InChI is InChI=1S/C26H34N2O3.C2HF3O2/c29-26(28-18-8-9-23(28)21-27-16-4-5-17-27)22-12-14-25(15-13-22)31-20-7-6-19-30-24-10-2-1-3-11-24;3-2(4,5)1(6)7/h1-3,10-15,23H,4-9,16-21H2;(H,6,7)/t23-;/m0./s1. The molecule has 208 valence electrons. The zero-order valence-corrected chi connectivity index (χ0v) is 21.4. The molecule has 2 aromatic carbocycles. The summed E-state index contributed by atoms with van der Waals surface area (Å²) < 4.78 is 43.3. The van der Waals surface area contributed by atoms with Gasteiger partial charge in [-0.25, -0.2) is 4.79 Å². The summed E-state index contributed by atoms with van der Waals surface area (Å²) in [6.07, 6.45) is 1.61. The Morgan fingerprint density at radius 2 is 1.39 bits per heavy atom. The van der Waals surface area contributed by atoms with Gasteiger partial charge in [-0.1, -0.05) is 18.2 Å². The molecule has 2 fully saturated rings. The van der Waals surface area contributed by atoms with Crippen molar-refractivity contribution in [3.63, 3.8) is 0 Å². The minimum atomic E-state index is -5.08. The molecule has 4 rings (SSSR count). The van der Waals surface area contributed by atoms with Crippen molar-refractivity contribution >= 4 is 11.9 Å². The molecule has 10 heteroatoms. The van der Waals surface area contributed by atoms with Crippen molar-refractivity contribution in [1.29, 1.82) is 0 Å². The average Bonchev–Trinajstić information content (AvgIpc) is 3.59. The summed E-state index contributed by atoms with van der Waals surface area (Å²) in [5.41, 5.74) is 0.761. The Kier molecular flexibility index (Phi) is 11.3. The fourth-order valence-corrected chi connectivity index (χ4v) is 4.52. The van der Waals surface area contributed by atoms with Crippen LogP contribution in [0.2, 0.25) is 0 Å². The first-order valence-electron chi connectivity index (χ1n) is 13.0. The van der Waals surface area contributed by atoms with Crippen molar-refractivity contribution in [1.82, 2.24) is 9.80 Å². The van der Waals surface area contributed by atoms with Crippen LogP contribution in [0.25, 0.3) is 0 Å². The van der Waals surface area contributed by atoms with Gasteiger partial charge in [0, 0.05) is 24.7 Å². The normalized spacial score (nSPS) is 17.6. The molecule has 2 saturated heterocycles. The number of likely N-dealkylation sites (tertiary alicyclic amines) is 2. The number of unbranched alkanes of at least 4 members (excludes halogenated alkanes) is 1. The molecule has 1 amide bonds. The van der Waals surface area contributed by atoms with Crippen molar-refractivity contribution in [3.8, 4) is 11.5 Å². The smallest absolute Gasteiger partial charge is 0.490 e. The average molecular weight is 537 g/mol. The summed E-state index contributed by atoms with van der Waals surface area (Å²) in [4.78, 5) is 26.5. The summed E-state index contributed by atoms with van der Waals surface area (Å²) in [5.74, 6) is -0.876. The number of hydrogen-bond donors (Lipinski definition) is 1. The topological polar surface area (TPSA) is 79.3 Å². The van der Waals surface area contributed by atoms with E-state index in [1.807, 2.05) is 54.6 Å². The molecule has 0 spiro atoms. The minimum Gasteiger partial charge on any atom is -0.494 e. The molecule has 0 aliphatic carbocycles. The lowest BCUT2D eigenvalue weighted by molar-refractivity contribution is -0.192. The van der Waals surface area contributed by atoms with Gasteiger partial charge in [-0.05, 0) is 88.0 Å². The van der Waals surface area contributed by atoms with Crippen LogP contribution in [0.3, 0.4) is 0 Å². The Balaban J connectivity index is 0.000000505. The van der Waals surface area contributed by atoms with Gasteiger partial charge in [0.25, 0.3) is 5.91 Å². The van der Waals surface area contributed by atoms with Gasteiger partial charge in [0.1, 0.15) is 11.5 Å². The number of carbonyl (C=O) groups excluding carboxylic acids is 1. The van der Waals surface area contributed by atoms with Crippen LogP contribution in [0.4, 0.5) is 13.2 Å². The molecule has 2 aliphatic heterocycles. The van der Waals surface area contributed by atoms with Gasteiger partial charge in [0.05, 0.1) is 13.2 Å². The predicted molar refractivity (Wildman–Crippen MR) is 137 cm³/mol. The molecule has 0 radical (unpaired) electrons. The number of carboxylic acids is 1. The van der Waals surface area contributed by atoms with E-state index in [4.69, 9.17) is 19.4 Å². The summed E-state index contributed by atoms with van der Waals surface area (Å²) >= 11 is 0. The summed E-state index contributed by atoms with van der Waals surface area (Å²) in [6.45, 7) is 5.61. The van der Waals surface area contributed by atoms with Crippen molar-refractivity contribution < 1.29 is 37.3 Å². The molecule has 2 aromatic rings. The first kappa shape index (κ1) is 29.3. The van der Waals surface area contributed by atoms with Crippen LogP contribution in [0.1, 0.15) is 48.9 Å². The minimum absolute atomic E-state index is 0.159. The summed E-state index contributed by atoms with van der Waals surface area (Å²) in [5, 5.41) is 7.12. The fraction of sp³-hybridized carbons (Fsp3) is 0.500. The third kappa shape index (κ3) is 9.55. The number of alkyl halides is 3. The number of carbonyl (C=O) groups is 2. The fourth-order valence-electron chi connectivity index (χ4n) is 4.52. The van der Waals surface area contributed by atoms with Gasteiger partial charge in [0.15, 0.2) is 0 Å². The second-order valence-corrected chi connectivity index (χ2v) is 9.35. The number of ether oxygens (including phenoxy) is 2. The molecule has 0 bridgehead atoms. The first-order chi connectivity index (χ1) is 18.2. The van der Waals surface area contributed by atoms with E-state index in [0.717, 1.165) is 55.8 Å². The quantitative estimate of drug-likeness (QED) is 0.418. The van der Waals surface area contributed by atoms with E-state index in [1.165, 1.54) is 25.9 Å². The number of benzene rings is 2. The van der Waals surface area contributed by atoms with Crippen LogP contribution in [0.15, 0.2) is 54.6 Å². The van der Waals surface area contributed by atoms with E-state index in [9.17, 15) is 18.0 Å². The third-order valence-corrected chi connectivity index (χ3v) is 6.47. The predicted octanol–water partition coefficient (Wildman–Crippen LogP) is 5.26. The maximum absolute atomic E-state index is 13.0. The molecule has 0 unspecified atom stereocenters. The van der Waals surface area contributed by atoms with Crippen LogP contribution < -0.4 is 9.47 Å². The largest absolute Gasteiger partial charge is 0.494 e. The van der Waals surface area contributed by atoms with E-state index >= 15 is 0 Å². The Morgan fingerprint density at radius 3 is 1.95 bits per heavy atom. The van der Waals surface area contributed by atoms with Crippen molar-refractivity contribution in [2.45, 2.75) is 50.7 Å². The number of nitrogens with zero attached hydrogens (tertiary/aromatic N) is 2. The van der Waals surface area contributed by atoms with E-state index in [-0.39, 0.29) is 5.91 Å². The molecule has 1 atom stereocenters. The van der Waals surface area contributed by atoms with E-state index in [2.05, 4.69) is 9.80 Å². The molecular formula is C28H35F3N2O5. The van der Waals surface area contributed by atoms with Gasteiger partial charge >= 0.3 is 12.1 Å². The summed E-state index contributed by atoms with van der Waals surface area (Å²) in [7, 11) is 0. The molecule has 38 heavy (non-hydrogen) atoms. The van der Waals surface area contributed by atoms with Gasteiger partial charge in [-0.3, -0.25) is 4.79 Å². The Hall–Kier alpha value is -3.27. The molecule has 2 heterocycles. The second-order valence-electron chi connectivity index (χ2n) is 9.35. The Labute approximate surface area is 221 Å². The van der Waals surface area contributed by atoms with E-state index in [1.54, 1.807) is 0 Å². The lowest BCUT2D eigenvalue weighted by atomic mass is 10.1. The molecule has 1 N–H and O–H groups in total. The number of rotatable bonds is 10. The zero-order valence-electron chi connectivity index (χ0n) is 21.4. The number of aliphatic carboxylic acids is 1. The van der Waals surface area contributed by atoms with Gasteiger partial charge < -0.3 is 24.4 Å². The second kappa shape index (κ2) is 14.6. The highest BCUT2D eigenvalue weighted by molar-refractivity contribution is 5.94.